The zero-order chi connectivity index (χ0) is 12.5. The average molecular weight is 285 g/mol. The largest absolute Gasteiger partial charge is 0.478 e. The van der Waals surface area contributed by atoms with Gasteiger partial charge in [-0.2, -0.15) is 8.42 Å². The van der Waals surface area contributed by atoms with Crippen LogP contribution in [0.3, 0.4) is 0 Å². The van der Waals surface area contributed by atoms with Gasteiger partial charge in [0.05, 0.1) is 11.1 Å². The molecule has 0 unspecified atom stereocenters. The fourth-order valence-electron chi connectivity index (χ4n) is 1.15. The summed E-state index contributed by atoms with van der Waals surface area (Å²) in [5.74, 6) is -3.29. The maximum atomic E-state index is 10.9. The smallest absolute Gasteiger partial charge is 0.337 e. The molecule has 7 nitrogen and oxygen atoms in total. The van der Waals surface area contributed by atoms with Gasteiger partial charge in [0.2, 0.25) is 0 Å². The molecular formula is C8H6KO7S. The zero-order valence-electron chi connectivity index (χ0n) is 8.61. The molecule has 3 N–H and O–H groups in total. The van der Waals surface area contributed by atoms with Crippen LogP contribution < -0.4 is 0 Å². The number of carbonyl (C=O) groups is 2. The van der Waals surface area contributed by atoms with Gasteiger partial charge in [-0.25, -0.2) is 9.59 Å². The Morgan fingerprint density at radius 2 is 1.35 bits per heavy atom. The summed E-state index contributed by atoms with van der Waals surface area (Å²) >= 11 is 0. The normalized spacial score (nSPS) is 10.4. The maximum absolute atomic E-state index is 10.9. The van der Waals surface area contributed by atoms with Crippen LogP contribution in [0.25, 0.3) is 0 Å². The standard InChI is InChI=1S/C8H6O7S.K/c9-7(10)4-2-1-3-5(8(11)12)6(4)16(13,14)15;/h1-3H,(H,9,10)(H,11,12)(H,13,14,15);. The molecule has 1 aromatic rings. The van der Waals surface area contributed by atoms with Crippen molar-refractivity contribution >= 4 is 73.4 Å². The molecule has 0 amide bonds. The number of hydrogen-bond donors (Lipinski definition) is 3. The third-order valence-corrected chi connectivity index (χ3v) is 2.69. The van der Waals surface area contributed by atoms with Gasteiger partial charge in [0.1, 0.15) is 4.90 Å². The predicted octanol–water partition coefficient (Wildman–Crippen LogP) is -0.0511. The van der Waals surface area contributed by atoms with Crippen LogP contribution in [0.15, 0.2) is 23.1 Å². The Morgan fingerprint density at radius 1 is 1.00 bits per heavy atom. The van der Waals surface area contributed by atoms with Crippen molar-refractivity contribution in [3.05, 3.63) is 29.3 Å². The first-order valence-corrected chi connectivity index (χ1v) is 5.26. The van der Waals surface area contributed by atoms with Crippen LogP contribution in [-0.2, 0) is 10.1 Å². The van der Waals surface area contributed by atoms with E-state index in [4.69, 9.17) is 14.8 Å². The van der Waals surface area contributed by atoms with E-state index >= 15 is 0 Å². The first kappa shape index (κ1) is 16.7. The van der Waals surface area contributed by atoms with Crippen molar-refractivity contribution in [2.24, 2.45) is 0 Å². The third kappa shape index (κ3) is 3.84. The Kier molecular flexibility index (Phi) is 5.94. The number of carboxylic acids is 2. The van der Waals surface area contributed by atoms with Crippen molar-refractivity contribution in [3.63, 3.8) is 0 Å². The van der Waals surface area contributed by atoms with Gasteiger partial charge in [-0.1, -0.05) is 6.07 Å². The van der Waals surface area contributed by atoms with E-state index in [1.54, 1.807) is 0 Å². The van der Waals surface area contributed by atoms with E-state index in [-0.39, 0.29) is 51.4 Å². The molecule has 0 atom stereocenters. The van der Waals surface area contributed by atoms with Gasteiger partial charge >= 0.3 is 11.9 Å². The molecule has 0 aliphatic heterocycles. The molecule has 0 aliphatic carbocycles. The van der Waals surface area contributed by atoms with Crippen molar-refractivity contribution in [2.45, 2.75) is 4.90 Å². The number of hydrogen-bond acceptors (Lipinski definition) is 4. The minimum absolute atomic E-state index is 0. The number of benzene rings is 1. The first-order valence-electron chi connectivity index (χ1n) is 3.82. The summed E-state index contributed by atoms with van der Waals surface area (Å²) in [6.07, 6.45) is 0. The molecule has 1 rings (SSSR count). The summed E-state index contributed by atoms with van der Waals surface area (Å²) in [6, 6.07) is 2.84. The third-order valence-electron chi connectivity index (χ3n) is 1.73. The van der Waals surface area contributed by atoms with Gasteiger partial charge < -0.3 is 10.2 Å². The second-order valence-electron chi connectivity index (χ2n) is 2.77. The first-order chi connectivity index (χ1) is 7.25. The van der Waals surface area contributed by atoms with Crippen LogP contribution in [-0.4, -0.2) is 86.5 Å². The molecule has 0 aliphatic rings. The molecule has 0 fully saturated rings. The number of carboxylic acid groups (broad SMARTS) is 2. The summed E-state index contributed by atoms with van der Waals surface area (Å²) < 4.78 is 30.6. The fourth-order valence-corrected chi connectivity index (χ4v) is 2.02. The van der Waals surface area contributed by atoms with Crippen molar-refractivity contribution in [1.82, 2.24) is 0 Å². The van der Waals surface area contributed by atoms with E-state index < -0.39 is 38.1 Å². The maximum Gasteiger partial charge on any atom is 0.337 e. The van der Waals surface area contributed by atoms with Crippen LogP contribution in [0, 0.1) is 0 Å². The van der Waals surface area contributed by atoms with Crippen LogP contribution in [0.4, 0.5) is 0 Å². The Labute approximate surface area is 139 Å². The predicted molar refractivity (Wildman–Crippen MR) is 55.9 cm³/mol. The van der Waals surface area contributed by atoms with Crippen molar-refractivity contribution in [1.29, 1.82) is 0 Å². The topological polar surface area (TPSA) is 129 Å². The van der Waals surface area contributed by atoms with Gasteiger partial charge in [0.25, 0.3) is 10.1 Å². The van der Waals surface area contributed by atoms with Gasteiger partial charge in [-0.3, -0.25) is 4.55 Å². The van der Waals surface area contributed by atoms with Gasteiger partial charge in [0.15, 0.2) is 0 Å². The average Bonchev–Trinajstić information content (AvgIpc) is 2.15. The van der Waals surface area contributed by atoms with Gasteiger partial charge in [-0.15, -0.1) is 0 Å². The van der Waals surface area contributed by atoms with E-state index in [9.17, 15) is 18.0 Å². The molecule has 0 bridgehead atoms. The Bertz CT molecular complexity index is 531. The second kappa shape index (κ2) is 6.04. The zero-order valence-corrected chi connectivity index (χ0v) is 12.6. The minimum atomic E-state index is -4.92. The number of rotatable bonds is 3. The summed E-state index contributed by atoms with van der Waals surface area (Å²) in [5, 5.41) is 17.3. The van der Waals surface area contributed by atoms with Crippen LogP contribution in [0.5, 0.6) is 0 Å². The molecule has 1 radical (unpaired) electrons. The molecule has 0 heterocycles. The van der Waals surface area contributed by atoms with Crippen LogP contribution >= 0.6 is 0 Å². The Balaban J connectivity index is 0.00000256. The van der Waals surface area contributed by atoms with Gasteiger partial charge in [-0.05, 0) is 12.1 Å². The SMILES string of the molecule is O=C(O)c1cccc(C(=O)O)c1S(=O)(=O)O.[K]. The van der Waals surface area contributed by atoms with Crippen molar-refractivity contribution in [3.8, 4) is 0 Å². The van der Waals surface area contributed by atoms with Crippen molar-refractivity contribution < 1.29 is 32.8 Å². The molecule has 17 heavy (non-hydrogen) atoms. The molecule has 9 heteroatoms. The molecule has 87 valence electrons. The quantitative estimate of drug-likeness (QED) is 0.524. The molecule has 1 aromatic carbocycles. The Hall–Kier alpha value is -0.294. The van der Waals surface area contributed by atoms with Gasteiger partial charge in [0, 0.05) is 51.4 Å². The van der Waals surface area contributed by atoms with E-state index in [2.05, 4.69) is 0 Å². The molecule has 0 saturated carbocycles. The van der Waals surface area contributed by atoms with E-state index in [1.165, 1.54) is 0 Å². The minimum Gasteiger partial charge on any atom is -0.478 e. The van der Waals surface area contributed by atoms with E-state index in [1.807, 2.05) is 0 Å². The molecule has 0 aromatic heterocycles. The Morgan fingerprint density at radius 3 is 1.59 bits per heavy atom. The van der Waals surface area contributed by atoms with E-state index in [0.29, 0.717) is 0 Å². The summed E-state index contributed by atoms with van der Waals surface area (Å²) in [4.78, 5) is 20.2. The van der Waals surface area contributed by atoms with Crippen molar-refractivity contribution in [2.75, 3.05) is 0 Å². The van der Waals surface area contributed by atoms with Crippen LogP contribution in [0.1, 0.15) is 20.7 Å². The fraction of sp³-hybridized carbons (Fsp3) is 0. The molecule has 0 saturated heterocycles. The summed E-state index contributed by atoms with van der Waals surface area (Å²) in [7, 11) is -4.92. The van der Waals surface area contributed by atoms with E-state index in [0.717, 1.165) is 18.2 Å². The monoisotopic (exact) mass is 285 g/mol. The molecular weight excluding hydrogens is 279 g/mol. The summed E-state index contributed by atoms with van der Waals surface area (Å²) in [5.41, 5.74) is -1.58. The summed E-state index contributed by atoms with van der Waals surface area (Å²) in [6.45, 7) is 0. The second-order valence-corrected chi connectivity index (χ2v) is 4.13. The van der Waals surface area contributed by atoms with Crippen LogP contribution in [0.2, 0.25) is 0 Å². The molecule has 0 spiro atoms. The number of aromatic carboxylic acids is 2.